The molecule has 0 radical (unpaired) electrons. The van der Waals surface area contributed by atoms with Crippen molar-refractivity contribution in [2.45, 2.75) is 31.8 Å². The number of hydrogen-bond acceptors (Lipinski definition) is 6. The van der Waals surface area contributed by atoms with Crippen LogP contribution >= 0.6 is 22.7 Å². The van der Waals surface area contributed by atoms with Crippen LogP contribution in [-0.2, 0) is 12.8 Å². The molecule has 1 aliphatic rings. The number of hydrogen-bond donors (Lipinski definition) is 3. The van der Waals surface area contributed by atoms with Gasteiger partial charge in [0.05, 0.1) is 10.4 Å². The number of carbonyl (C=O) groups is 3. The van der Waals surface area contributed by atoms with E-state index in [0.717, 1.165) is 31.2 Å². The molecule has 8 heteroatoms. The summed E-state index contributed by atoms with van der Waals surface area (Å²) in [7, 11) is 1.60. The van der Waals surface area contributed by atoms with Crippen molar-refractivity contribution in [1.29, 1.82) is 0 Å². The van der Waals surface area contributed by atoms with Gasteiger partial charge in [0.2, 0.25) is 5.78 Å². The van der Waals surface area contributed by atoms with Gasteiger partial charge >= 0.3 is 0 Å². The molecule has 0 saturated heterocycles. The largest absolute Gasteiger partial charge is 0.355 e. The molecule has 0 bridgehead atoms. The molecular weight excluding hydrogens is 430 g/mol. The predicted octanol–water partition coefficient (Wildman–Crippen LogP) is 4.10. The van der Waals surface area contributed by atoms with Crippen molar-refractivity contribution in [3.63, 3.8) is 0 Å². The van der Waals surface area contributed by atoms with Gasteiger partial charge in [-0.25, -0.2) is 0 Å². The predicted molar refractivity (Wildman–Crippen MR) is 124 cm³/mol. The fourth-order valence-electron chi connectivity index (χ4n) is 3.70. The molecule has 1 aliphatic carbocycles. The third kappa shape index (κ3) is 4.55. The fraction of sp³-hybridized carbons (Fsp3) is 0.261. The molecule has 0 spiro atoms. The van der Waals surface area contributed by atoms with Crippen LogP contribution in [0.3, 0.4) is 0 Å². The SMILES string of the molecule is CNC(=O)c1c(NC(NC(=O)c2ccccc2)C(=O)c2cccs2)sc2c1CCCC2. The summed E-state index contributed by atoms with van der Waals surface area (Å²) < 4.78 is 0. The third-order valence-corrected chi connectivity index (χ3v) is 7.35. The van der Waals surface area contributed by atoms with E-state index in [9.17, 15) is 14.4 Å². The Morgan fingerprint density at radius 2 is 1.74 bits per heavy atom. The first-order valence-corrected chi connectivity index (χ1v) is 11.8. The Balaban J connectivity index is 1.68. The Kier molecular flexibility index (Phi) is 6.48. The van der Waals surface area contributed by atoms with Crippen molar-refractivity contribution in [1.82, 2.24) is 10.6 Å². The molecule has 3 aromatic rings. The van der Waals surface area contributed by atoms with E-state index in [2.05, 4.69) is 16.0 Å². The van der Waals surface area contributed by atoms with E-state index in [1.807, 2.05) is 11.4 Å². The lowest BCUT2D eigenvalue weighted by atomic mass is 9.95. The van der Waals surface area contributed by atoms with Gasteiger partial charge in [0, 0.05) is 17.5 Å². The first-order valence-electron chi connectivity index (χ1n) is 10.1. The summed E-state index contributed by atoms with van der Waals surface area (Å²) in [6.45, 7) is 0. The number of fused-ring (bicyclic) bond motifs is 1. The van der Waals surface area contributed by atoms with Crippen LogP contribution in [-0.4, -0.2) is 30.8 Å². The molecule has 1 aromatic carbocycles. The molecular formula is C23H23N3O3S2. The standard InChI is InChI=1S/C23H23N3O3S2/c1-24-22(29)18-15-10-5-6-11-16(15)31-23(18)26-20(19(27)17-12-7-13-30-17)25-21(28)14-8-3-2-4-9-14/h2-4,7-9,12-13,20,26H,5-6,10-11H2,1H3,(H,24,29)(H,25,28). The minimum atomic E-state index is -0.991. The van der Waals surface area contributed by atoms with E-state index >= 15 is 0 Å². The van der Waals surface area contributed by atoms with E-state index in [0.29, 0.717) is 21.0 Å². The average molecular weight is 454 g/mol. The molecule has 4 rings (SSSR count). The van der Waals surface area contributed by atoms with E-state index in [-0.39, 0.29) is 17.6 Å². The molecule has 0 fully saturated rings. The first kappa shape index (κ1) is 21.3. The zero-order chi connectivity index (χ0) is 21.8. The van der Waals surface area contributed by atoms with Gasteiger partial charge in [-0.2, -0.15) is 0 Å². The zero-order valence-corrected chi connectivity index (χ0v) is 18.7. The summed E-state index contributed by atoms with van der Waals surface area (Å²) >= 11 is 2.82. The number of anilines is 1. The van der Waals surface area contributed by atoms with Crippen LogP contribution in [0, 0.1) is 0 Å². The maximum atomic E-state index is 13.2. The minimum absolute atomic E-state index is 0.182. The highest BCUT2D eigenvalue weighted by Gasteiger charge is 2.29. The van der Waals surface area contributed by atoms with Gasteiger partial charge in [-0.1, -0.05) is 24.3 Å². The maximum Gasteiger partial charge on any atom is 0.254 e. The number of carbonyl (C=O) groups excluding carboxylic acids is 3. The molecule has 31 heavy (non-hydrogen) atoms. The summed E-state index contributed by atoms with van der Waals surface area (Å²) in [6.07, 6.45) is 2.90. The van der Waals surface area contributed by atoms with Gasteiger partial charge in [0.15, 0.2) is 6.17 Å². The van der Waals surface area contributed by atoms with Crippen LogP contribution in [0.1, 0.15) is 53.7 Å². The van der Waals surface area contributed by atoms with Crippen molar-refractivity contribution in [3.8, 4) is 0 Å². The quantitative estimate of drug-likeness (QED) is 0.371. The van der Waals surface area contributed by atoms with Gasteiger partial charge in [0.1, 0.15) is 5.00 Å². The second-order valence-corrected chi connectivity index (χ2v) is 9.31. The number of amides is 2. The van der Waals surface area contributed by atoms with E-state index < -0.39 is 6.17 Å². The Morgan fingerprint density at radius 3 is 2.45 bits per heavy atom. The Bertz CT molecular complexity index is 1090. The minimum Gasteiger partial charge on any atom is -0.355 e. The van der Waals surface area contributed by atoms with Gasteiger partial charge in [-0.05, 0) is 54.8 Å². The molecule has 1 atom stereocenters. The lowest BCUT2D eigenvalue weighted by Crippen LogP contribution is -2.46. The second kappa shape index (κ2) is 9.45. The summed E-state index contributed by atoms with van der Waals surface area (Å²) in [5.41, 5.74) is 2.10. The summed E-state index contributed by atoms with van der Waals surface area (Å²) in [4.78, 5) is 40.4. The van der Waals surface area contributed by atoms with Crippen LogP contribution in [0.4, 0.5) is 5.00 Å². The van der Waals surface area contributed by atoms with Gasteiger partial charge in [-0.15, -0.1) is 22.7 Å². The number of aryl methyl sites for hydroxylation is 1. The third-order valence-electron chi connectivity index (χ3n) is 5.24. The van der Waals surface area contributed by atoms with Crippen molar-refractivity contribution in [2.75, 3.05) is 12.4 Å². The van der Waals surface area contributed by atoms with Gasteiger partial charge in [0.25, 0.3) is 11.8 Å². The van der Waals surface area contributed by atoms with Gasteiger partial charge < -0.3 is 16.0 Å². The van der Waals surface area contributed by atoms with Crippen LogP contribution < -0.4 is 16.0 Å². The van der Waals surface area contributed by atoms with Crippen molar-refractivity contribution >= 4 is 45.3 Å². The van der Waals surface area contributed by atoms with Crippen LogP contribution in [0.15, 0.2) is 47.8 Å². The summed E-state index contributed by atoms with van der Waals surface area (Å²) in [5, 5.41) is 11.2. The number of ketones is 1. The highest BCUT2D eigenvalue weighted by molar-refractivity contribution is 7.16. The first-order chi connectivity index (χ1) is 15.1. The molecule has 3 N–H and O–H groups in total. The van der Waals surface area contributed by atoms with Gasteiger partial charge in [-0.3, -0.25) is 14.4 Å². The van der Waals surface area contributed by atoms with Crippen molar-refractivity contribution in [2.24, 2.45) is 0 Å². The summed E-state index contributed by atoms with van der Waals surface area (Å²) in [6, 6.07) is 12.3. The van der Waals surface area contributed by atoms with Crippen molar-refractivity contribution in [3.05, 3.63) is 74.3 Å². The Morgan fingerprint density at radius 1 is 0.968 bits per heavy atom. The number of nitrogens with one attached hydrogen (secondary N) is 3. The Hall–Kier alpha value is -2.97. The number of benzene rings is 1. The zero-order valence-electron chi connectivity index (χ0n) is 17.1. The van der Waals surface area contributed by atoms with E-state index in [4.69, 9.17) is 0 Å². The van der Waals surface area contributed by atoms with E-state index in [1.54, 1.807) is 43.4 Å². The molecule has 160 valence electrons. The van der Waals surface area contributed by atoms with Crippen LogP contribution in [0.5, 0.6) is 0 Å². The molecule has 2 aromatic heterocycles. The van der Waals surface area contributed by atoms with E-state index in [1.165, 1.54) is 27.6 Å². The molecule has 2 amide bonds. The highest BCUT2D eigenvalue weighted by Crippen LogP contribution is 2.38. The lowest BCUT2D eigenvalue weighted by Gasteiger charge is -2.20. The molecule has 0 saturated carbocycles. The second-order valence-electron chi connectivity index (χ2n) is 7.25. The molecule has 0 aliphatic heterocycles. The molecule has 1 unspecified atom stereocenters. The smallest absolute Gasteiger partial charge is 0.254 e. The monoisotopic (exact) mass is 453 g/mol. The topological polar surface area (TPSA) is 87.3 Å². The van der Waals surface area contributed by atoms with Crippen LogP contribution in [0.2, 0.25) is 0 Å². The van der Waals surface area contributed by atoms with Crippen LogP contribution in [0.25, 0.3) is 0 Å². The normalized spacial score (nSPS) is 13.7. The molecule has 6 nitrogen and oxygen atoms in total. The van der Waals surface area contributed by atoms with Crippen molar-refractivity contribution < 1.29 is 14.4 Å². The number of Topliss-reactive ketones (excluding diaryl/α,β-unsaturated/α-hetero) is 1. The molecule has 2 heterocycles. The Labute approximate surface area is 188 Å². The summed E-state index contributed by atoms with van der Waals surface area (Å²) in [5.74, 6) is -0.780. The lowest BCUT2D eigenvalue weighted by molar-refractivity contribution is 0.0871. The average Bonchev–Trinajstić information content (AvgIpc) is 3.46. The number of rotatable bonds is 7. The maximum absolute atomic E-state index is 13.2. The number of thiophene rings is 2. The highest BCUT2D eigenvalue weighted by atomic mass is 32.1. The fourth-order valence-corrected chi connectivity index (χ4v) is 5.71.